The van der Waals surface area contributed by atoms with Crippen molar-refractivity contribution in [3.8, 4) is 5.75 Å². The fourth-order valence-corrected chi connectivity index (χ4v) is 2.01. The van der Waals surface area contributed by atoms with Gasteiger partial charge in [-0.05, 0) is 12.1 Å². The van der Waals surface area contributed by atoms with E-state index < -0.39 is 6.17 Å². The number of nitrogens with one attached hydrogen (secondary N) is 1. The van der Waals surface area contributed by atoms with Gasteiger partial charge in [0.1, 0.15) is 11.9 Å². The first kappa shape index (κ1) is 14.7. The number of rotatable bonds is 4. The van der Waals surface area contributed by atoms with E-state index in [1.807, 2.05) is 30.3 Å². The van der Waals surface area contributed by atoms with Gasteiger partial charge in [0.15, 0.2) is 6.61 Å². The Labute approximate surface area is 121 Å². The molecule has 108 valence electrons. The zero-order chi connectivity index (χ0) is 13.1. The second kappa shape index (κ2) is 6.67. The Morgan fingerprint density at radius 3 is 2.85 bits per heavy atom. The summed E-state index contributed by atoms with van der Waals surface area (Å²) in [6, 6.07) is 9.22. The van der Waals surface area contributed by atoms with E-state index in [1.165, 1.54) is 0 Å². The summed E-state index contributed by atoms with van der Waals surface area (Å²) in [6.07, 6.45) is -0.470. The molecule has 0 spiro atoms. The zero-order valence-electron chi connectivity index (χ0n) is 10.7. The van der Waals surface area contributed by atoms with Crippen LogP contribution >= 0.6 is 12.4 Å². The first-order valence-corrected chi connectivity index (χ1v) is 6.19. The standard InChI is InChI=1S/C13H14FN3O2.ClH/c14-9-6-11(15-7-9)13-16-12(17-19-13)8-18-10-4-2-1-3-5-10;/h1-5,9,11,15H,6-8H2;1H/t9-,11+;/m0./s1. The molecule has 0 radical (unpaired) electrons. The van der Waals surface area contributed by atoms with E-state index in [0.29, 0.717) is 24.7 Å². The Balaban J connectivity index is 0.00000147. The average Bonchev–Trinajstić information content (AvgIpc) is 3.06. The van der Waals surface area contributed by atoms with Crippen molar-refractivity contribution in [2.75, 3.05) is 6.54 Å². The molecule has 0 unspecified atom stereocenters. The maximum Gasteiger partial charge on any atom is 0.244 e. The van der Waals surface area contributed by atoms with Crippen LogP contribution in [0.3, 0.4) is 0 Å². The summed E-state index contributed by atoms with van der Waals surface area (Å²) in [5.41, 5.74) is 0. The van der Waals surface area contributed by atoms with E-state index in [2.05, 4.69) is 15.5 Å². The lowest BCUT2D eigenvalue weighted by molar-refractivity contribution is 0.282. The molecule has 1 aliphatic rings. The van der Waals surface area contributed by atoms with Crippen molar-refractivity contribution >= 4 is 12.4 Å². The van der Waals surface area contributed by atoms with Crippen molar-refractivity contribution in [2.45, 2.75) is 25.2 Å². The summed E-state index contributed by atoms with van der Waals surface area (Å²) in [5, 5.41) is 6.83. The SMILES string of the molecule is Cl.F[C@@H]1CN[C@@H](c2nc(COc3ccccc3)no2)C1. The molecule has 2 atom stereocenters. The van der Waals surface area contributed by atoms with Gasteiger partial charge in [-0.25, -0.2) is 4.39 Å². The predicted molar refractivity (Wildman–Crippen MR) is 72.6 cm³/mol. The van der Waals surface area contributed by atoms with Crippen molar-refractivity contribution in [3.63, 3.8) is 0 Å². The van der Waals surface area contributed by atoms with Gasteiger partial charge in [-0.15, -0.1) is 12.4 Å². The molecule has 1 aliphatic heterocycles. The molecular formula is C13H15ClFN3O2. The highest BCUT2D eigenvalue weighted by molar-refractivity contribution is 5.85. The van der Waals surface area contributed by atoms with Crippen molar-refractivity contribution < 1.29 is 13.7 Å². The van der Waals surface area contributed by atoms with Gasteiger partial charge >= 0.3 is 0 Å². The maximum atomic E-state index is 13.1. The molecule has 3 rings (SSSR count). The molecule has 1 N–H and O–H groups in total. The van der Waals surface area contributed by atoms with Crippen molar-refractivity contribution in [2.24, 2.45) is 0 Å². The maximum absolute atomic E-state index is 13.1. The lowest BCUT2D eigenvalue weighted by Crippen LogP contribution is -2.14. The number of nitrogens with zero attached hydrogens (tertiary/aromatic N) is 2. The van der Waals surface area contributed by atoms with Gasteiger partial charge in [0.25, 0.3) is 0 Å². The summed E-state index contributed by atoms with van der Waals surface area (Å²) < 4.78 is 23.7. The second-order valence-corrected chi connectivity index (χ2v) is 4.44. The molecule has 1 aromatic carbocycles. The van der Waals surface area contributed by atoms with Gasteiger partial charge in [0.05, 0.1) is 6.04 Å². The fourth-order valence-electron chi connectivity index (χ4n) is 2.01. The molecule has 2 heterocycles. The van der Waals surface area contributed by atoms with Gasteiger partial charge in [-0.2, -0.15) is 4.98 Å². The molecule has 0 amide bonds. The number of hydrogen-bond acceptors (Lipinski definition) is 5. The number of ether oxygens (including phenoxy) is 1. The molecule has 1 fully saturated rings. The normalized spacial score (nSPS) is 21.4. The Bertz CT molecular complexity index is 537. The van der Waals surface area contributed by atoms with Gasteiger partial charge in [0.2, 0.25) is 11.7 Å². The third kappa shape index (κ3) is 3.46. The molecule has 0 saturated carbocycles. The summed E-state index contributed by atoms with van der Waals surface area (Å²) >= 11 is 0. The van der Waals surface area contributed by atoms with Crippen LogP contribution in [-0.2, 0) is 6.61 Å². The van der Waals surface area contributed by atoms with Crippen LogP contribution in [0.25, 0.3) is 0 Å². The highest BCUT2D eigenvalue weighted by Gasteiger charge is 2.29. The summed E-state index contributed by atoms with van der Waals surface area (Å²) in [4.78, 5) is 4.21. The minimum absolute atomic E-state index is 0. The van der Waals surface area contributed by atoms with E-state index in [0.717, 1.165) is 5.75 Å². The largest absolute Gasteiger partial charge is 0.485 e. The molecule has 2 aromatic rings. The van der Waals surface area contributed by atoms with Crippen LogP contribution in [-0.4, -0.2) is 22.9 Å². The van der Waals surface area contributed by atoms with Crippen molar-refractivity contribution in [3.05, 3.63) is 42.0 Å². The second-order valence-electron chi connectivity index (χ2n) is 4.44. The Morgan fingerprint density at radius 1 is 1.35 bits per heavy atom. The Morgan fingerprint density at radius 2 is 2.15 bits per heavy atom. The van der Waals surface area contributed by atoms with Crippen LogP contribution in [0, 0.1) is 0 Å². The average molecular weight is 300 g/mol. The summed E-state index contributed by atoms with van der Waals surface area (Å²) in [5.74, 6) is 1.63. The first-order chi connectivity index (χ1) is 9.31. The lowest BCUT2D eigenvalue weighted by atomic mass is 10.2. The minimum Gasteiger partial charge on any atom is -0.485 e. The third-order valence-electron chi connectivity index (χ3n) is 2.97. The monoisotopic (exact) mass is 299 g/mol. The topological polar surface area (TPSA) is 60.2 Å². The molecule has 20 heavy (non-hydrogen) atoms. The lowest BCUT2D eigenvalue weighted by Gasteiger charge is -2.02. The Hall–Kier alpha value is -1.66. The van der Waals surface area contributed by atoms with E-state index in [4.69, 9.17) is 9.26 Å². The highest BCUT2D eigenvalue weighted by atomic mass is 35.5. The number of para-hydroxylation sites is 1. The number of hydrogen-bond donors (Lipinski definition) is 1. The van der Waals surface area contributed by atoms with Gasteiger partial charge in [-0.1, -0.05) is 23.4 Å². The number of halogens is 2. The summed E-state index contributed by atoms with van der Waals surface area (Å²) in [6.45, 7) is 0.572. The number of alkyl halides is 1. The van der Waals surface area contributed by atoms with Crippen LogP contribution in [0.15, 0.2) is 34.9 Å². The van der Waals surface area contributed by atoms with Gasteiger partial charge in [-0.3, -0.25) is 0 Å². The van der Waals surface area contributed by atoms with Crippen LogP contribution < -0.4 is 10.1 Å². The van der Waals surface area contributed by atoms with Gasteiger partial charge in [0, 0.05) is 13.0 Å². The van der Waals surface area contributed by atoms with Crippen molar-refractivity contribution in [1.29, 1.82) is 0 Å². The van der Waals surface area contributed by atoms with Crippen LogP contribution in [0.4, 0.5) is 4.39 Å². The number of aromatic nitrogens is 2. The van der Waals surface area contributed by atoms with Crippen LogP contribution in [0.2, 0.25) is 0 Å². The molecule has 1 saturated heterocycles. The molecule has 5 nitrogen and oxygen atoms in total. The quantitative estimate of drug-likeness (QED) is 0.939. The molecule has 1 aromatic heterocycles. The predicted octanol–water partition coefficient (Wildman–Crippen LogP) is 2.44. The third-order valence-corrected chi connectivity index (χ3v) is 2.97. The van der Waals surface area contributed by atoms with E-state index in [9.17, 15) is 4.39 Å². The molecule has 7 heteroatoms. The van der Waals surface area contributed by atoms with Crippen LogP contribution in [0.5, 0.6) is 5.75 Å². The molecule has 0 aliphatic carbocycles. The van der Waals surface area contributed by atoms with E-state index in [-0.39, 0.29) is 25.1 Å². The smallest absolute Gasteiger partial charge is 0.244 e. The highest BCUT2D eigenvalue weighted by Crippen LogP contribution is 2.23. The van der Waals surface area contributed by atoms with Crippen LogP contribution in [0.1, 0.15) is 24.2 Å². The fraction of sp³-hybridized carbons (Fsp3) is 0.385. The molecule has 0 bridgehead atoms. The first-order valence-electron chi connectivity index (χ1n) is 6.19. The van der Waals surface area contributed by atoms with Crippen molar-refractivity contribution in [1.82, 2.24) is 15.5 Å². The zero-order valence-corrected chi connectivity index (χ0v) is 11.5. The number of benzene rings is 1. The van der Waals surface area contributed by atoms with Gasteiger partial charge < -0.3 is 14.6 Å². The van der Waals surface area contributed by atoms with E-state index in [1.54, 1.807) is 0 Å². The minimum atomic E-state index is -0.846. The van der Waals surface area contributed by atoms with E-state index >= 15 is 0 Å². The molecular weight excluding hydrogens is 285 g/mol. The Kier molecular flexibility index (Phi) is 4.92. The summed E-state index contributed by atoms with van der Waals surface area (Å²) in [7, 11) is 0.